The van der Waals surface area contributed by atoms with Crippen LogP contribution >= 0.6 is 11.3 Å². The molecular formula is C19H24FN3OS. The molecule has 1 aromatic carbocycles. The van der Waals surface area contributed by atoms with Crippen LogP contribution in [0.4, 0.5) is 4.39 Å². The summed E-state index contributed by atoms with van der Waals surface area (Å²) in [6, 6.07) is 6.51. The largest absolute Gasteiger partial charge is 0.334 e. The highest BCUT2D eigenvalue weighted by atomic mass is 32.1. The Kier molecular flexibility index (Phi) is 5.49. The second kappa shape index (κ2) is 7.62. The zero-order valence-electron chi connectivity index (χ0n) is 15.0. The fourth-order valence-corrected chi connectivity index (χ4v) is 4.35. The number of hydrogen-bond acceptors (Lipinski definition) is 4. The second-order valence-corrected chi connectivity index (χ2v) is 7.85. The van der Waals surface area contributed by atoms with E-state index >= 15 is 0 Å². The standard InChI is InChI=1S/C19H24FN3OS/c1-13-17(25-18(21-13)14-7-9-15(20)10-8-14)19(24)23-11-5-4-6-16(23)12-22(2)3/h7-10,16H,4-6,11-12H2,1-3H3. The second-order valence-electron chi connectivity index (χ2n) is 6.85. The van der Waals surface area contributed by atoms with Crippen LogP contribution in [-0.2, 0) is 0 Å². The van der Waals surface area contributed by atoms with E-state index in [1.807, 2.05) is 25.9 Å². The molecule has 1 atom stereocenters. The first-order valence-electron chi connectivity index (χ1n) is 8.65. The number of aromatic nitrogens is 1. The number of aryl methyl sites for hydroxylation is 1. The monoisotopic (exact) mass is 361 g/mol. The fourth-order valence-electron chi connectivity index (χ4n) is 3.32. The minimum Gasteiger partial charge on any atom is -0.334 e. The zero-order valence-corrected chi connectivity index (χ0v) is 15.8. The zero-order chi connectivity index (χ0) is 18.0. The van der Waals surface area contributed by atoms with Gasteiger partial charge in [-0.15, -0.1) is 11.3 Å². The Hall–Kier alpha value is -1.79. The third kappa shape index (κ3) is 4.07. The van der Waals surface area contributed by atoms with Gasteiger partial charge in [-0.3, -0.25) is 4.79 Å². The number of benzene rings is 1. The van der Waals surface area contributed by atoms with Gasteiger partial charge in [-0.2, -0.15) is 0 Å². The van der Waals surface area contributed by atoms with Gasteiger partial charge in [0.25, 0.3) is 5.91 Å². The Balaban J connectivity index is 1.85. The molecule has 1 unspecified atom stereocenters. The molecular weight excluding hydrogens is 337 g/mol. The van der Waals surface area contributed by atoms with Gasteiger partial charge in [0.1, 0.15) is 15.7 Å². The number of likely N-dealkylation sites (N-methyl/N-ethyl adjacent to an activating group) is 1. The number of thiazole rings is 1. The van der Waals surface area contributed by atoms with E-state index < -0.39 is 0 Å². The Bertz CT molecular complexity index is 742. The number of halogens is 1. The molecule has 1 fully saturated rings. The average Bonchev–Trinajstić information content (AvgIpc) is 2.96. The van der Waals surface area contributed by atoms with Crippen molar-refractivity contribution < 1.29 is 9.18 Å². The SMILES string of the molecule is Cc1nc(-c2ccc(F)cc2)sc1C(=O)N1CCCCC1CN(C)C. The molecule has 2 heterocycles. The minimum atomic E-state index is -0.270. The Morgan fingerprint density at radius 2 is 2.04 bits per heavy atom. The minimum absolute atomic E-state index is 0.0786. The van der Waals surface area contributed by atoms with Crippen molar-refractivity contribution in [3.63, 3.8) is 0 Å². The molecule has 1 amide bonds. The van der Waals surface area contributed by atoms with E-state index in [0.717, 1.165) is 42.2 Å². The molecule has 1 aromatic heterocycles. The summed E-state index contributed by atoms with van der Waals surface area (Å²) in [5.74, 6) is -0.192. The summed E-state index contributed by atoms with van der Waals surface area (Å²) >= 11 is 1.40. The van der Waals surface area contributed by atoms with Crippen LogP contribution in [0.2, 0.25) is 0 Å². The van der Waals surface area contributed by atoms with Crippen molar-refractivity contribution in [1.29, 1.82) is 0 Å². The lowest BCUT2D eigenvalue weighted by Crippen LogP contribution is -2.48. The first-order chi connectivity index (χ1) is 12.0. The van der Waals surface area contributed by atoms with Gasteiger partial charge in [0.05, 0.1) is 5.69 Å². The molecule has 134 valence electrons. The van der Waals surface area contributed by atoms with E-state index in [4.69, 9.17) is 0 Å². The van der Waals surface area contributed by atoms with Crippen LogP contribution in [0.5, 0.6) is 0 Å². The van der Waals surface area contributed by atoms with Gasteiger partial charge >= 0.3 is 0 Å². The van der Waals surface area contributed by atoms with Crippen molar-refractivity contribution in [2.24, 2.45) is 0 Å². The smallest absolute Gasteiger partial charge is 0.266 e. The van der Waals surface area contributed by atoms with Crippen molar-refractivity contribution in [1.82, 2.24) is 14.8 Å². The van der Waals surface area contributed by atoms with Crippen molar-refractivity contribution in [2.45, 2.75) is 32.2 Å². The van der Waals surface area contributed by atoms with Gasteiger partial charge in [0.2, 0.25) is 0 Å². The van der Waals surface area contributed by atoms with E-state index in [1.54, 1.807) is 12.1 Å². The quantitative estimate of drug-likeness (QED) is 0.831. The van der Waals surface area contributed by atoms with Gasteiger partial charge < -0.3 is 9.80 Å². The number of piperidine rings is 1. The summed E-state index contributed by atoms with van der Waals surface area (Å²) in [4.78, 5) is 22.5. The summed E-state index contributed by atoms with van der Waals surface area (Å²) in [6.07, 6.45) is 3.27. The Morgan fingerprint density at radius 1 is 1.32 bits per heavy atom. The number of carbonyl (C=O) groups excluding carboxylic acids is 1. The molecule has 1 saturated heterocycles. The molecule has 0 saturated carbocycles. The molecule has 6 heteroatoms. The molecule has 0 aliphatic carbocycles. The predicted molar refractivity (Wildman–Crippen MR) is 99.5 cm³/mol. The van der Waals surface area contributed by atoms with Crippen molar-refractivity contribution >= 4 is 17.2 Å². The summed E-state index contributed by atoms with van der Waals surface area (Å²) in [7, 11) is 4.09. The highest BCUT2D eigenvalue weighted by Crippen LogP contribution is 2.30. The van der Waals surface area contributed by atoms with Gasteiger partial charge in [0.15, 0.2) is 0 Å². The number of rotatable bonds is 4. The van der Waals surface area contributed by atoms with Gasteiger partial charge in [0, 0.05) is 24.7 Å². The van der Waals surface area contributed by atoms with E-state index in [9.17, 15) is 9.18 Å². The average molecular weight is 361 g/mol. The van der Waals surface area contributed by atoms with E-state index in [2.05, 4.69) is 9.88 Å². The van der Waals surface area contributed by atoms with Gasteiger partial charge in [-0.25, -0.2) is 9.37 Å². The van der Waals surface area contributed by atoms with Crippen LogP contribution in [0.15, 0.2) is 24.3 Å². The topological polar surface area (TPSA) is 36.4 Å². The van der Waals surface area contributed by atoms with Crippen LogP contribution in [0, 0.1) is 12.7 Å². The van der Waals surface area contributed by atoms with Crippen LogP contribution in [-0.4, -0.2) is 53.9 Å². The lowest BCUT2D eigenvalue weighted by atomic mass is 10.0. The van der Waals surface area contributed by atoms with Crippen molar-refractivity contribution in [2.75, 3.05) is 27.2 Å². The Labute approximate surface area is 152 Å². The third-order valence-corrected chi connectivity index (χ3v) is 5.74. The van der Waals surface area contributed by atoms with Crippen LogP contribution in [0.25, 0.3) is 10.6 Å². The summed E-state index contributed by atoms with van der Waals surface area (Å²) in [5, 5.41) is 0.766. The number of carbonyl (C=O) groups is 1. The molecule has 25 heavy (non-hydrogen) atoms. The predicted octanol–water partition coefficient (Wildman–Crippen LogP) is 3.81. The molecule has 0 radical (unpaired) electrons. The highest BCUT2D eigenvalue weighted by molar-refractivity contribution is 7.17. The molecule has 0 N–H and O–H groups in total. The van der Waals surface area contributed by atoms with Crippen LogP contribution in [0.3, 0.4) is 0 Å². The third-order valence-electron chi connectivity index (χ3n) is 4.55. The summed E-state index contributed by atoms with van der Waals surface area (Å²) in [5.41, 5.74) is 1.60. The molecule has 1 aliphatic heterocycles. The molecule has 0 spiro atoms. The first kappa shape index (κ1) is 18.0. The van der Waals surface area contributed by atoms with Gasteiger partial charge in [-0.1, -0.05) is 0 Å². The fraction of sp³-hybridized carbons (Fsp3) is 0.474. The number of hydrogen-bond donors (Lipinski definition) is 0. The maximum atomic E-state index is 13.1. The first-order valence-corrected chi connectivity index (χ1v) is 9.46. The number of amides is 1. The molecule has 1 aliphatic rings. The lowest BCUT2D eigenvalue weighted by Gasteiger charge is -2.37. The molecule has 2 aromatic rings. The maximum absolute atomic E-state index is 13.1. The summed E-state index contributed by atoms with van der Waals surface area (Å²) in [6.45, 7) is 3.57. The molecule has 4 nitrogen and oxygen atoms in total. The van der Waals surface area contributed by atoms with E-state index in [-0.39, 0.29) is 17.8 Å². The number of nitrogens with zero attached hydrogens (tertiary/aromatic N) is 3. The summed E-state index contributed by atoms with van der Waals surface area (Å²) < 4.78 is 13.1. The van der Waals surface area contributed by atoms with E-state index in [1.165, 1.54) is 29.9 Å². The van der Waals surface area contributed by atoms with Gasteiger partial charge in [-0.05, 0) is 64.5 Å². The lowest BCUT2D eigenvalue weighted by molar-refractivity contribution is 0.0579. The van der Waals surface area contributed by atoms with Crippen molar-refractivity contribution in [3.05, 3.63) is 40.7 Å². The molecule has 0 bridgehead atoms. The van der Waals surface area contributed by atoms with Crippen molar-refractivity contribution in [3.8, 4) is 10.6 Å². The van der Waals surface area contributed by atoms with Crippen LogP contribution in [0.1, 0.15) is 34.6 Å². The highest BCUT2D eigenvalue weighted by Gasteiger charge is 2.30. The normalized spacial score (nSPS) is 18.0. The number of likely N-dealkylation sites (tertiary alicyclic amines) is 1. The van der Waals surface area contributed by atoms with E-state index in [0.29, 0.717) is 4.88 Å². The molecule has 3 rings (SSSR count). The maximum Gasteiger partial charge on any atom is 0.266 e. The Morgan fingerprint density at radius 3 is 2.72 bits per heavy atom. The van der Waals surface area contributed by atoms with Crippen LogP contribution < -0.4 is 0 Å².